The van der Waals surface area contributed by atoms with Gasteiger partial charge in [0, 0.05) is 13.1 Å². The molecule has 2 heterocycles. The van der Waals surface area contributed by atoms with E-state index in [2.05, 4.69) is 10.1 Å². The zero-order valence-electron chi connectivity index (χ0n) is 11.3. The number of carbonyl (C=O) groups excluding carboxylic acids is 1. The van der Waals surface area contributed by atoms with Crippen LogP contribution in [0.1, 0.15) is 36.9 Å². The highest BCUT2D eigenvalue weighted by Crippen LogP contribution is 2.41. The lowest BCUT2D eigenvalue weighted by Crippen LogP contribution is -2.40. The Morgan fingerprint density at radius 2 is 2.20 bits per heavy atom. The molecule has 0 unspecified atom stereocenters. The SMILES string of the molecule is Cc1noc([C@@H]2CCCN(C(=O)[C@@H]3C[C@H]3C(=O)O)C2)n1. The maximum atomic E-state index is 12.3. The van der Waals surface area contributed by atoms with E-state index in [1.807, 2.05) is 0 Å². The van der Waals surface area contributed by atoms with E-state index in [0.717, 1.165) is 12.8 Å². The van der Waals surface area contributed by atoms with Crippen molar-refractivity contribution in [3.8, 4) is 0 Å². The first kappa shape index (κ1) is 13.1. The molecule has 0 bridgehead atoms. The fourth-order valence-electron chi connectivity index (χ4n) is 2.83. The van der Waals surface area contributed by atoms with Crippen molar-refractivity contribution in [2.75, 3.05) is 13.1 Å². The third-order valence-corrected chi connectivity index (χ3v) is 4.05. The molecule has 7 heteroatoms. The van der Waals surface area contributed by atoms with E-state index in [9.17, 15) is 9.59 Å². The van der Waals surface area contributed by atoms with E-state index in [4.69, 9.17) is 9.63 Å². The Morgan fingerprint density at radius 1 is 1.40 bits per heavy atom. The van der Waals surface area contributed by atoms with Gasteiger partial charge in [-0.3, -0.25) is 9.59 Å². The Kier molecular flexibility index (Phi) is 3.19. The lowest BCUT2D eigenvalue weighted by molar-refractivity contribution is -0.142. The normalized spacial score (nSPS) is 29.2. The minimum atomic E-state index is -0.871. The average molecular weight is 279 g/mol. The number of aliphatic carboxylic acids is 1. The monoisotopic (exact) mass is 279 g/mol. The number of likely N-dealkylation sites (tertiary alicyclic amines) is 1. The van der Waals surface area contributed by atoms with Crippen molar-refractivity contribution in [1.29, 1.82) is 0 Å². The number of carboxylic acid groups (broad SMARTS) is 1. The summed E-state index contributed by atoms with van der Waals surface area (Å²) < 4.78 is 5.17. The lowest BCUT2D eigenvalue weighted by atomic mass is 9.97. The number of aromatic nitrogens is 2. The van der Waals surface area contributed by atoms with Crippen LogP contribution in [0.15, 0.2) is 4.52 Å². The molecule has 108 valence electrons. The first-order valence-corrected chi connectivity index (χ1v) is 6.88. The summed E-state index contributed by atoms with van der Waals surface area (Å²) in [5.74, 6) is -0.509. The predicted molar refractivity (Wildman–Crippen MR) is 66.8 cm³/mol. The maximum absolute atomic E-state index is 12.3. The van der Waals surface area contributed by atoms with E-state index in [0.29, 0.717) is 31.2 Å². The van der Waals surface area contributed by atoms with Gasteiger partial charge in [-0.15, -0.1) is 0 Å². The van der Waals surface area contributed by atoms with Crippen molar-refractivity contribution in [3.05, 3.63) is 11.7 Å². The van der Waals surface area contributed by atoms with Gasteiger partial charge in [0.15, 0.2) is 5.82 Å². The molecule has 1 amide bonds. The molecular weight excluding hydrogens is 262 g/mol. The molecule has 1 N–H and O–H groups in total. The van der Waals surface area contributed by atoms with Crippen molar-refractivity contribution in [2.24, 2.45) is 11.8 Å². The minimum Gasteiger partial charge on any atom is -0.481 e. The van der Waals surface area contributed by atoms with Gasteiger partial charge in [0.2, 0.25) is 11.8 Å². The van der Waals surface area contributed by atoms with Gasteiger partial charge in [-0.1, -0.05) is 5.16 Å². The van der Waals surface area contributed by atoms with E-state index in [-0.39, 0.29) is 17.7 Å². The number of hydrogen-bond acceptors (Lipinski definition) is 5. The maximum Gasteiger partial charge on any atom is 0.307 e. The smallest absolute Gasteiger partial charge is 0.307 e. The summed E-state index contributed by atoms with van der Waals surface area (Å²) in [6.07, 6.45) is 2.26. The van der Waals surface area contributed by atoms with Crippen LogP contribution in [0.3, 0.4) is 0 Å². The van der Waals surface area contributed by atoms with Crippen LogP contribution >= 0.6 is 0 Å². The molecule has 2 fully saturated rings. The Labute approximate surface area is 115 Å². The van der Waals surface area contributed by atoms with Gasteiger partial charge in [0.05, 0.1) is 17.8 Å². The molecule has 1 aliphatic carbocycles. The van der Waals surface area contributed by atoms with Gasteiger partial charge < -0.3 is 14.5 Å². The summed E-state index contributed by atoms with van der Waals surface area (Å²) in [6.45, 7) is 3.00. The number of aryl methyl sites for hydroxylation is 1. The van der Waals surface area contributed by atoms with Gasteiger partial charge >= 0.3 is 5.97 Å². The number of hydrogen-bond donors (Lipinski definition) is 1. The number of amides is 1. The van der Waals surface area contributed by atoms with Gasteiger partial charge in [-0.2, -0.15) is 4.98 Å². The molecule has 3 atom stereocenters. The highest BCUT2D eigenvalue weighted by molar-refractivity contribution is 5.89. The molecule has 0 radical (unpaired) electrons. The Hall–Kier alpha value is -1.92. The molecular formula is C13H17N3O4. The second-order valence-electron chi connectivity index (χ2n) is 5.59. The predicted octanol–water partition coefficient (Wildman–Crippen LogP) is 0.805. The van der Waals surface area contributed by atoms with Gasteiger partial charge in [-0.05, 0) is 26.2 Å². The quantitative estimate of drug-likeness (QED) is 0.879. The first-order valence-electron chi connectivity index (χ1n) is 6.88. The van der Waals surface area contributed by atoms with Crippen molar-refractivity contribution in [1.82, 2.24) is 15.0 Å². The van der Waals surface area contributed by atoms with E-state index >= 15 is 0 Å². The van der Waals surface area contributed by atoms with Crippen molar-refractivity contribution < 1.29 is 19.2 Å². The molecule has 0 spiro atoms. The van der Waals surface area contributed by atoms with Crippen LogP contribution in [-0.4, -0.2) is 45.1 Å². The second kappa shape index (κ2) is 4.88. The summed E-state index contributed by atoms with van der Waals surface area (Å²) in [5.41, 5.74) is 0. The molecule has 1 saturated carbocycles. The van der Waals surface area contributed by atoms with Gasteiger partial charge in [0.25, 0.3) is 0 Å². The molecule has 20 heavy (non-hydrogen) atoms. The average Bonchev–Trinajstić information content (AvgIpc) is 3.13. The minimum absolute atomic E-state index is 0.0432. The Morgan fingerprint density at radius 3 is 2.80 bits per heavy atom. The molecule has 1 saturated heterocycles. The zero-order valence-corrected chi connectivity index (χ0v) is 11.3. The second-order valence-corrected chi connectivity index (χ2v) is 5.59. The summed E-state index contributed by atoms with van der Waals surface area (Å²) in [5, 5.41) is 12.7. The number of piperidine rings is 1. The molecule has 2 aliphatic rings. The van der Waals surface area contributed by atoms with E-state index in [1.54, 1.807) is 11.8 Å². The number of rotatable bonds is 3. The first-order chi connectivity index (χ1) is 9.56. The summed E-state index contributed by atoms with van der Waals surface area (Å²) in [7, 11) is 0. The molecule has 7 nitrogen and oxygen atoms in total. The largest absolute Gasteiger partial charge is 0.481 e. The standard InChI is InChI=1S/C13H17N3O4/c1-7-14-11(20-15-7)8-3-2-4-16(6-8)12(17)9-5-10(9)13(18)19/h8-10H,2-6H2,1H3,(H,18,19)/t8-,9-,10-/m1/s1. The molecule has 1 aromatic heterocycles. The summed E-state index contributed by atoms with van der Waals surface area (Å²) in [6, 6.07) is 0. The fraction of sp³-hybridized carbons (Fsp3) is 0.692. The van der Waals surface area contributed by atoms with Crippen LogP contribution < -0.4 is 0 Å². The van der Waals surface area contributed by atoms with Gasteiger partial charge in [0.1, 0.15) is 0 Å². The van der Waals surface area contributed by atoms with Gasteiger partial charge in [-0.25, -0.2) is 0 Å². The van der Waals surface area contributed by atoms with E-state index < -0.39 is 11.9 Å². The molecule has 1 aliphatic heterocycles. The van der Waals surface area contributed by atoms with Crippen LogP contribution in [0.2, 0.25) is 0 Å². The summed E-state index contributed by atoms with van der Waals surface area (Å²) >= 11 is 0. The van der Waals surface area contributed by atoms with Crippen molar-refractivity contribution in [3.63, 3.8) is 0 Å². The van der Waals surface area contributed by atoms with E-state index in [1.165, 1.54) is 0 Å². The molecule has 1 aromatic rings. The number of carbonyl (C=O) groups is 2. The lowest BCUT2D eigenvalue weighted by Gasteiger charge is -2.31. The highest BCUT2D eigenvalue weighted by Gasteiger charge is 2.50. The topological polar surface area (TPSA) is 96.5 Å². The molecule has 0 aromatic carbocycles. The third kappa shape index (κ3) is 2.39. The zero-order chi connectivity index (χ0) is 14.3. The Balaban J connectivity index is 1.64. The van der Waals surface area contributed by atoms with Crippen LogP contribution in [0.25, 0.3) is 0 Å². The Bertz CT molecular complexity index is 541. The number of carboxylic acids is 1. The number of nitrogens with zero attached hydrogens (tertiary/aromatic N) is 3. The van der Waals surface area contributed by atoms with Crippen LogP contribution in [0, 0.1) is 18.8 Å². The van der Waals surface area contributed by atoms with Crippen molar-refractivity contribution >= 4 is 11.9 Å². The third-order valence-electron chi connectivity index (χ3n) is 4.05. The van der Waals surface area contributed by atoms with Crippen molar-refractivity contribution in [2.45, 2.75) is 32.1 Å². The van der Waals surface area contributed by atoms with Crippen LogP contribution in [0.5, 0.6) is 0 Å². The highest BCUT2D eigenvalue weighted by atomic mass is 16.5. The molecule has 3 rings (SSSR count). The van der Waals surface area contributed by atoms with Crippen LogP contribution in [0.4, 0.5) is 0 Å². The summed E-state index contributed by atoms with van der Waals surface area (Å²) in [4.78, 5) is 29.1. The fourth-order valence-corrected chi connectivity index (χ4v) is 2.83. The van der Waals surface area contributed by atoms with Crippen LogP contribution in [-0.2, 0) is 9.59 Å².